The van der Waals surface area contributed by atoms with Gasteiger partial charge in [-0.3, -0.25) is 0 Å². The van der Waals surface area contributed by atoms with Gasteiger partial charge >= 0.3 is 5.97 Å². The number of esters is 1. The van der Waals surface area contributed by atoms with Crippen LogP contribution in [0.4, 0.5) is 0 Å². The Kier molecular flexibility index (Phi) is 5.25. The molecule has 1 rings (SSSR count). The van der Waals surface area contributed by atoms with Crippen LogP contribution >= 0.6 is 0 Å². The molecule has 0 fully saturated rings. The van der Waals surface area contributed by atoms with Gasteiger partial charge in [-0.25, -0.2) is 13.2 Å². The average Bonchev–Trinajstić information content (AvgIpc) is 2.43. The fourth-order valence-corrected chi connectivity index (χ4v) is 2.82. The van der Waals surface area contributed by atoms with E-state index < -0.39 is 16.0 Å². The van der Waals surface area contributed by atoms with Crippen LogP contribution in [0, 0.1) is 11.3 Å². The number of nitrogens with zero attached hydrogens (tertiary/aromatic N) is 2. The summed E-state index contributed by atoms with van der Waals surface area (Å²) in [5, 5.41) is 8.35. The predicted octanol–water partition coefficient (Wildman–Crippen LogP) is 1.40. The summed E-state index contributed by atoms with van der Waals surface area (Å²) in [6.07, 6.45) is 0. The minimum Gasteiger partial charge on any atom is -0.447 e. The number of carbonyl (C=O) groups excluding carboxylic acids is 1. The SMILES string of the molecule is CC(C)N(C)S(=O)(=O)c1cccc(C(=O)OCC#N)c1. The molecule has 0 unspecified atom stereocenters. The van der Waals surface area contributed by atoms with Crippen molar-refractivity contribution in [3.05, 3.63) is 29.8 Å². The molecule has 0 aromatic heterocycles. The highest BCUT2D eigenvalue weighted by molar-refractivity contribution is 7.89. The third-order valence-corrected chi connectivity index (χ3v) is 4.77. The normalized spacial score (nSPS) is 11.4. The molecule has 0 aliphatic heterocycles. The van der Waals surface area contributed by atoms with Gasteiger partial charge in [0, 0.05) is 13.1 Å². The van der Waals surface area contributed by atoms with Crippen LogP contribution in [-0.4, -0.2) is 38.4 Å². The molecular formula is C13H16N2O4S. The first-order chi connectivity index (χ1) is 9.30. The lowest BCUT2D eigenvalue weighted by Crippen LogP contribution is -2.33. The molecule has 0 N–H and O–H groups in total. The maximum atomic E-state index is 12.3. The second kappa shape index (κ2) is 6.50. The third kappa shape index (κ3) is 3.56. The summed E-state index contributed by atoms with van der Waals surface area (Å²) in [4.78, 5) is 11.6. The van der Waals surface area contributed by atoms with Crippen molar-refractivity contribution < 1.29 is 17.9 Å². The summed E-state index contributed by atoms with van der Waals surface area (Å²) in [5.74, 6) is -0.726. The van der Waals surface area contributed by atoms with Crippen molar-refractivity contribution in [2.75, 3.05) is 13.7 Å². The van der Waals surface area contributed by atoms with E-state index in [9.17, 15) is 13.2 Å². The Morgan fingerprint density at radius 3 is 2.65 bits per heavy atom. The maximum absolute atomic E-state index is 12.3. The standard InChI is InChI=1S/C13H16N2O4S/c1-10(2)15(3)20(17,18)12-6-4-5-11(9-12)13(16)19-8-7-14/h4-6,9-10H,8H2,1-3H3. The van der Waals surface area contributed by atoms with Crippen LogP contribution in [0.15, 0.2) is 29.2 Å². The topological polar surface area (TPSA) is 87.5 Å². The summed E-state index contributed by atoms with van der Waals surface area (Å²) in [7, 11) is -2.18. The van der Waals surface area contributed by atoms with Crippen LogP contribution in [-0.2, 0) is 14.8 Å². The Morgan fingerprint density at radius 1 is 1.45 bits per heavy atom. The smallest absolute Gasteiger partial charge is 0.339 e. The maximum Gasteiger partial charge on any atom is 0.339 e. The lowest BCUT2D eigenvalue weighted by Gasteiger charge is -2.21. The molecule has 1 aromatic carbocycles. The number of nitriles is 1. The quantitative estimate of drug-likeness (QED) is 0.766. The van der Waals surface area contributed by atoms with E-state index in [1.807, 2.05) is 0 Å². The van der Waals surface area contributed by atoms with E-state index in [4.69, 9.17) is 5.26 Å². The first-order valence-electron chi connectivity index (χ1n) is 5.93. The molecule has 0 radical (unpaired) electrons. The van der Waals surface area contributed by atoms with Crippen LogP contribution in [0.2, 0.25) is 0 Å². The van der Waals surface area contributed by atoms with Gasteiger partial charge in [-0.1, -0.05) is 6.07 Å². The number of ether oxygens (including phenoxy) is 1. The highest BCUT2D eigenvalue weighted by Gasteiger charge is 2.24. The molecule has 0 amide bonds. The Labute approximate surface area is 118 Å². The van der Waals surface area contributed by atoms with Gasteiger partial charge in [0.25, 0.3) is 0 Å². The summed E-state index contributed by atoms with van der Waals surface area (Å²) in [6, 6.07) is 7.03. The number of rotatable bonds is 5. The van der Waals surface area contributed by atoms with Crippen molar-refractivity contribution >= 4 is 16.0 Å². The van der Waals surface area contributed by atoms with Crippen molar-refractivity contribution in [3.63, 3.8) is 0 Å². The van der Waals surface area contributed by atoms with Crippen molar-refractivity contribution in [3.8, 4) is 6.07 Å². The number of hydrogen-bond donors (Lipinski definition) is 0. The molecule has 0 aliphatic carbocycles. The van der Waals surface area contributed by atoms with Crippen molar-refractivity contribution in [1.82, 2.24) is 4.31 Å². The first-order valence-corrected chi connectivity index (χ1v) is 7.37. The minimum atomic E-state index is -3.65. The summed E-state index contributed by atoms with van der Waals surface area (Å²) < 4.78 is 30.4. The summed E-state index contributed by atoms with van der Waals surface area (Å²) in [5.41, 5.74) is 0.0958. The van der Waals surface area contributed by atoms with Gasteiger partial charge in [0.2, 0.25) is 10.0 Å². The van der Waals surface area contributed by atoms with E-state index in [1.54, 1.807) is 19.9 Å². The average molecular weight is 296 g/mol. The molecule has 0 heterocycles. The van der Waals surface area contributed by atoms with Gasteiger partial charge in [-0.2, -0.15) is 9.57 Å². The second-order valence-corrected chi connectivity index (χ2v) is 6.37. The first kappa shape index (κ1) is 16.1. The minimum absolute atomic E-state index is 0.0140. The monoisotopic (exact) mass is 296 g/mol. The molecule has 0 spiro atoms. The van der Waals surface area contributed by atoms with E-state index in [-0.39, 0.29) is 23.1 Å². The van der Waals surface area contributed by atoms with E-state index in [0.717, 1.165) is 0 Å². The molecule has 0 saturated carbocycles. The molecule has 1 aromatic rings. The molecular weight excluding hydrogens is 280 g/mol. The van der Waals surface area contributed by atoms with E-state index in [1.165, 1.54) is 35.6 Å². The Hall–Kier alpha value is -1.91. The fraction of sp³-hybridized carbons (Fsp3) is 0.385. The van der Waals surface area contributed by atoms with E-state index >= 15 is 0 Å². The van der Waals surface area contributed by atoms with Crippen molar-refractivity contribution in [2.45, 2.75) is 24.8 Å². The van der Waals surface area contributed by atoms with Gasteiger partial charge in [0.05, 0.1) is 10.5 Å². The highest BCUT2D eigenvalue weighted by atomic mass is 32.2. The largest absolute Gasteiger partial charge is 0.447 e. The van der Waals surface area contributed by atoms with Crippen LogP contribution in [0.1, 0.15) is 24.2 Å². The van der Waals surface area contributed by atoms with E-state index in [2.05, 4.69) is 4.74 Å². The van der Waals surface area contributed by atoms with Crippen LogP contribution < -0.4 is 0 Å². The molecule has 20 heavy (non-hydrogen) atoms. The van der Waals surface area contributed by atoms with Crippen LogP contribution in [0.25, 0.3) is 0 Å². The predicted molar refractivity (Wildman–Crippen MR) is 72.4 cm³/mol. The zero-order chi connectivity index (χ0) is 15.3. The van der Waals surface area contributed by atoms with Gasteiger partial charge in [-0.05, 0) is 32.0 Å². The number of sulfonamides is 1. The number of hydrogen-bond acceptors (Lipinski definition) is 5. The van der Waals surface area contributed by atoms with Crippen LogP contribution in [0.5, 0.6) is 0 Å². The van der Waals surface area contributed by atoms with Gasteiger partial charge in [0.1, 0.15) is 6.07 Å². The van der Waals surface area contributed by atoms with Gasteiger partial charge in [-0.15, -0.1) is 0 Å². The Balaban J connectivity index is 3.11. The lowest BCUT2D eigenvalue weighted by molar-refractivity contribution is 0.0554. The highest BCUT2D eigenvalue weighted by Crippen LogP contribution is 2.18. The third-order valence-electron chi connectivity index (χ3n) is 2.74. The van der Waals surface area contributed by atoms with E-state index in [0.29, 0.717) is 0 Å². The van der Waals surface area contributed by atoms with Crippen molar-refractivity contribution in [1.29, 1.82) is 5.26 Å². The molecule has 0 atom stereocenters. The molecule has 6 nitrogen and oxygen atoms in total. The Bertz CT molecular complexity index is 632. The zero-order valence-corrected chi connectivity index (χ0v) is 12.3. The van der Waals surface area contributed by atoms with Gasteiger partial charge < -0.3 is 4.74 Å². The number of benzene rings is 1. The molecule has 0 aliphatic rings. The summed E-state index contributed by atoms with van der Waals surface area (Å²) >= 11 is 0. The molecule has 7 heteroatoms. The summed E-state index contributed by atoms with van der Waals surface area (Å²) in [6.45, 7) is 3.13. The second-order valence-electron chi connectivity index (χ2n) is 4.38. The number of carbonyl (C=O) groups is 1. The zero-order valence-electron chi connectivity index (χ0n) is 11.5. The Morgan fingerprint density at radius 2 is 2.10 bits per heavy atom. The van der Waals surface area contributed by atoms with Gasteiger partial charge in [0.15, 0.2) is 6.61 Å². The van der Waals surface area contributed by atoms with Crippen molar-refractivity contribution in [2.24, 2.45) is 0 Å². The lowest BCUT2D eigenvalue weighted by atomic mass is 10.2. The fourth-order valence-electron chi connectivity index (χ4n) is 1.41. The molecule has 0 saturated heterocycles. The van der Waals surface area contributed by atoms with Crippen LogP contribution in [0.3, 0.4) is 0 Å². The molecule has 0 bridgehead atoms. The molecule has 108 valence electrons.